The summed E-state index contributed by atoms with van der Waals surface area (Å²) in [6.07, 6.45) is 0. The average Bonchev–Trinajstić information content (AvgIpc) is 2.38. The van der Waals surface area contributed by atoms with Gasteiger partial charge in [0, 0.05) is 22.6 Å². The maximum absolute atomic E-state index is 9.68. The van der Waals surface area contributed by atoms with E-state index in [9.17, 15) is 10.2 Å². The molecule has 0 unspecified atom stereocenters. The fourth-order valence-corrected chi connectivity index (χ4v) is 2.01. The number of benzene rings is 2. The summed E-state index contributed by atoms with van der Waals surface area (Å²) in [6, 6.07) is 11.8. The quantitative estimate of drug-likeness (QED) is 0.811. The van der Waals surface area contributed by atoms with Crippen LogP contribution in [-0.4, -0.2) is 10.2 Å². The smallest absolute Gasteiger partial charge is 0.124 e. The highest BCUT2D eigenvalue weighted by atomic mass is 79.9. The molecule has 0 saturated carbocycles. The molecule has 5 heteroatoms. The van der Waals surface area contributed by atoms with E-state index in [4.69, 9.17) is 5.26 Å². The van der Waals surface area contributed by atoms with Gasteiger partial charge in [0.05, 0.1) is 11.3 Å². The van der Waals surface area contributed by atoms with Crippen LogP contribution in [0.3, 0.4) is 0 Å². The Morgan fingerprint density at radius 2 is 1.95 bits per heavy atom. The topological polar surface area (TPSA) is 76.3 Å². The number of phenolic OH excluding ortho intramolecular Hbond substituents is 2. The lowest BCUT2D eigenvalue weighted by Crippen LogP contribution is -2.01. The Balaban J connectivity index is 2.19. The Morgan fingerprint density at radius 3 is 2.63 bits per heavy atom. The monoisotopic (exact) mass is 318 g/mol. The number of nitrogens with zero attached hydrogens (tertiary/aromatic N) is 1. The molecular weight excluding hydrogens is 308 g/mol. The van der Waals surface area contributed by atoms with Gasteiger partial charge in [-0.3, -0.25) is 0 Å². The van der Waals surface area contributed by atoms with Crippen molar-refractivity contribution in [1.29, 1.82) is 5.26 Å². The molecule has 0 fully saturated rings. The number of aromatic hydroxyl groups is 2. The van der Waals surface area contributed by atoms with Crippen LogP contribution in [0, 0.1) is 11.3 Å². The number of nitriles is 1. The zero-order valence-electron chi connectivity index (χ0n) is 9.89. The third-order valence-corrected chi connectivity index (χ3v) is 3.13. The second-order valence-electron chi connectivity index (χ2n) is 3.97. The van der Waals surface area contributed by atoms with Gasteiger partial charge in [-0.2, -0.15) is 5.26 Å². The Bertz CT molecular complexity index is 650. The van der Waals surface area contributed by atoms with Gasteiger partial charge in [0.15, 0.2) is 0 Å². The first-order valence-electron chi connectivity index (χ1n) is 5.54. The summed E-state index contributed by atoms with van der Waals surface area (Å²) in [4.78, 5) is 0. The van der Waals surface area contributed by atoms with Gasteiger partial charge in [-0.1, -0.05) is 15.9 Å². The maximum Gasteiger partial charge on any atom is 0.124 e. The zero-order chi connectivity index (χ0) is 13.8. The van der Waals surface area contributed by atoms with Crippen LogP contribution in [0.25, 0.3) is 0 Å². The van der Waals surface area contributed by atoms with Gasteiger partial charge < -0.3 is 15.5 Å². The minimum Gasteiger partial charge on any atom is -0.508 e. The highest BCUT2D eigenvalue weighted by Gasteiger charge is 2.05. The van der Waals surface area contributed by atoms with E-state index < -0.39 is 0 Å². The third kappa shape index (κ3) is 3.18. The normalized spacial score (nSPS) is 9.89. The first-order valence-corrected chi connectivity index (χ1v) is 6.34. The van der Waals surface area contributed by atoms with Crippen molar-refractivity contribution in [3.8, 4) is 17.6 Å². The van der Waals surface area contributed by atoms with E-state index in [0.717, 1.165) is 4.47 Å². The summed E-state index contributed by atoms with van der Waals surface area (Å²) >= 11 is 3.34. The number of anilines is 1. The Labute approximate surface area is 119 Å². The molecule has 0 atom stereocenters. The lowest BCUT2D eigenvalue weighted by Gasteiger charge is -2.10. The predicted molar refractivity (Wildman–Crippen MR) is 76.0 cm³/mol. The van der Waals surface area contributed by atoms with Crippen LogP contribution in [0.4, 0.5) is 5.69 Å². The first-order chi connectivity index (χ1) is 9.10. The molecule has 2 rings (SSSR count). The van der Waals surface area contributed by atoms with E-state index >= 15 is 0 Å². The summed E-state index contributed by atoms with van der Waals surface area (Å²) in [6.45, 7) is 0.358. The summed E-state index contributed by atoms with van der Waals surface area (Å²) in [5.74, 6) is 0.0300. The molecule has 0 spiro atoms. The molecule has 4 nitrogen and oxygen atoms in total. The molecule has 3 N–H and O–H groups in total. The summed E-state index contributed by atoms with van der Waals surface area (Å²) in [5.41, 5.74) is 1.85. The lowest BCUT2D eigenvalue weighted by atomic mass is 10.1. The SMILES string of the molecule is N#Cc1ccc(Br)cc1NCc1ccc(O)cc1O. The Kier molecular flexibility index (Phi) is 3.93. The second kappa shape index (κ2) is 5.63. The summed E-state index contributed by atoms with van der Waals surface area (Å²) < 4.78 is 0.865. The van der Waals surface area contributed by atoms with Gasteiger partial charge >= 0.3 is 0 Å². The van der Waals surface area contributed by atoms with E-state index in [1.54, 1.807) is 24.3 Å². The van der Waals surface area contributed by atoms with E-state index in [0.29, 0.717) is 23.4 Å². The molecule has 2 aromatic rings. The van der Waals surface area contributed by atoms with E-state index in [1.807, 2.05) is 0 Å². The van der Waals surface area contributed by atoms with Crippen molar-refractivity contribution in [1.82, 2.24) is 0 Å². The van der Waals surface area contributed by atoms with Crippen molar-refractivity contribution in [3.05, 3.63) is 52.0 Å². The molecule has 0 bridgehead atoms. The Morgan fingerprint density at radius 1 is 1.16 bits per heavy atom. The van der Waals surface area contributed by atoms with E-state index in [-0.39, 0.29) is 11.5 Å². The molecular formula is C14H11BrN2O2. The molecule has 96 valence electrons. The minimum absolute atomic E-state index is 0.0148. The van der Waals surface area contributed by atoms with Gasteiger partial charge in [0.25, 0.3) is 0 Å². The molecule has 19 heavy (non-hydrogen) atoms. The molecule has 0 aliphatic carbocycles. The number of halogens is 1. The van der Waals surface area contributed by atoms with Gasteiger partial charge in [-0.25, -0.2) is 0 Å². The minimum atomic E-state index is 0.0148. The molecule has 2 aromatic carbocycles. The molecule has 0 aromatic heterocycles. The van der Waals surface area contributed by atoms with Gasteiger partial charge in [0.2, 0.25) is 0 Å². The maximum atomic E-state index is 9.68. The van der Waals surface area contributed by atoms with Crippen LogP contribution in [0.1, 0.15) is 11.1 Å². The fraction of sp³-hybridized carbons (Fsp3) is 0.0714. The molecule has 0 radical (unpaired) electrons. The van der Waals surface area contributed by atoms with Crippen LogP contribution < -0.4 is 5.32 Å². The highest BCUT2D eigenvalue weighted by molar-refractivity contribution is 9.10. The van der Waals surface area contributed by atoms with Crippen LogP contribution in [0.15, 0.2) is 40.9 Å². The van der Waals surface area contributed by atoms with Crippen LogP contribution in [0.5, 0.6) is 11.5 Å². The molecule has 0 heterocycles. The average molecular weight is 319 g/mol. The van der Waals surface area contributed by atoms with Crippen molar-refractivity contribution in [2.75, 3.05) is 5.32 Å². The van der Waals surface area contributed by atoms with Crippen LogP contribution >= 0.6 is 15.9 Å². The van der Waals surface area contributed by atoms with E-state index in [2.05, 4.69) is 27.3 Å². The van der Waals surface area contributed by atoms with Crippen molar-refractivity contribution < 1.29 is 10.2 Å². The van der Waals surface area contributed by atoms with Crippen LogP contribution in [0.2, 0.25) is 0 Å². The third-order valence-electron chi connectivity index (χ3n) is 2.64. The van der Waals surface area contributed by atoms with Gasteiger partial charge in [0.1, 0.15) is 17.6 Å². The number of phenols is 2. The number of hydrogen-bond donors (Lipinski definition) is 3. The van der Waals surface area contributed by atoms with Crippen molar-refractivity contribution in [2.45, 2.75) is 6.54 Å². The highest BCUT2D eigenvalue weighted by Crippen LogP contribution is 2.25. The lowest BCUT2D eigenvalue weighted by molar-refractivity contribution is 0.446. The van der Waals surface area contributed by atoms with Crippen molar-refractivity contribution >= 4 is 21.6 Å². The number of rotatable bonds is 3. The van der Waals surface area contributed by atoms with Crippen molar-refractivity contribution in [2.24, 2.45) is 0 Å². The van der Waals surface area contributed by atoms with E-state index in [1.165, 1.54) is 12.1 Å². The van der Waals surface area contributed by atoms with Gasteiger partial charge in [-0.05, 0) is 30.3 Å². The largest absolute Gasteiger partial charge is 0.508 e. The fourth-order valence-electron chi connectivity index (χ4n) is 1.65. The molecule has 0 aliphatic heterocycles. The predicted octanol–water partition coefficient (Wildman–Crippen LogP) is 3.34. The second-order valence-corrected chi connectivity index (χ2v) is 4.88. The number of nitrogens with one attached hydrogen (secondary N) is 1. The first kappa shape index (κ1) is 13.2. The number of hydrogen-bond acceptors (Lipinski definition) is 4. The van der Waals surface area contributed by atoms with Gasteiger partial charge in [-0.15, -0.1) is 0 Å². The molecule has 0 saturated heterocycles. The van der Waals surface area contributed by atoms with Crippen molar-refractivity contribution in [3.63, 3.8) is 0 Å². The van der Waals surface area contributed by atoms with Crippen LogP contribution in [-0.2, 0) is 6.54 Å². The summed E-state index contributed by atoms with van der Waals surface area (Å²) in [7, 11) is 0. The molecule has 0 aliphatic rings. The Hall–Kier alpha value is -2.19. The summed E-state index contributed by atoms with van der Waals surface area (Å²) in [5, 5.41) is 31.0. The molecule has 0 amide bonds. The standard InChI is InChI=1S/C14H11BrN2O2/c15-11-3-1-9(7-16)13(5-11)17-8-10-2-4-12(18)6-14(10)19/h1-6,17-19H,8H2. The zero-order valence-corrected chi connectivity index (χ0v) is 11.5.